The van der Waals surface area contributed by atoms with Crippen molar-refractivity contribution in [2.24, 2.45) is 0 Å². The fourth-order valence-corrected chi connectivity index (χ4v) is 4.87. The molecule has 0 aliphatic carbocycles. The molecule has 1 atom stereocenters. The van der Waals surface area contributed by atoms with Crippen LogP contribution >= 0.6 is 0 Å². The first kappa shape index (κ1) is 20.9. The number of morpholine rings is 1. The van der Waals surface area contributed by atoms with Crippen LogP contribution in [-0.2, 0) is 4.74 Å². The summed E-state index contributed by atoms with van der Waals surface area (Å²) >= 11 is 0. The molecule has 1 N–H and O–H groups in total. The van der Waals surface area contributed by atoms with Crippen molar-refractivity contribution in [3.05, 3.63) is 80.7 Å². The second-order valence-electron chi connectivity index (χ2n) is 8.95. The number of hydrogen-bond acceptors (Lipinski definition) is 4. The smallest absolute Gasteiger partial charge is 0.290 e. The monoisotopic (exact) mass is 433 g/mol. The van der Waals surface area contributed by atoms with Gasteiger partial charge >= 0.3 is 0 Å². The molecule has 1 saturated heterocycles. The van der Waals surface area contributed by atoms with Gasteiger partial charge in [-0.2, -0.15) is 0 Å². The third-order valence-electron chi connectivity index (χ3n) is 6.64. The molecule has 0 bridgehead atoms. The van der Waals surface area contributed by atoms with Crippen molar-refractivity contribution < 1.29 is 18.8 Å². The van der Waals surface area contributed by atoms with Crippen LogP contribution < -0.4 is 10.3 Å². The normalized spacial score (nSPS) is 19.0. The average Bonchev–Trinajstić information content (AvgIpc) is 3.08. The molecule has 3 aromatic rings. The summed E-state index contributed by atoms with van der Waals surface area (Å²) in [6.45, 7) is 9.13. The lowest BCUT2D eigenvalue weighted by Crippen LogP contribution is -3.14. The Bertz CT molecular complexity index is 1210. The fourth-order valence-electron chi connectivity index (χ4n) is 4.87. The molecule has 0 unspecified atom stereocenters. The molecule has 5 rings (SSSR count). The zero-order valence-corrected chi connectivity index (χ0v) is 18.6. The van der Waals surface area contributed by atoms with Crippen molar-refractivity contribution >= 4 is 16.9 Å². The van der Waals surface area contributed by atoms with Gasteiger partial charge in [-0.05, 0) is 31.5 Å². The summed E-state index contributed by atoms with van der Waals surface area (Å²) in [5.74, 6) is -0.00206. The SMILES string of the molecule is Cc1ccc([C@@H]2c3c(oc4ccc(C)cc4c3=O)C(=O)N2CCC[NH+]2CCOCC2)cc1. The minimum atomic E-state index is -0.418. The van der Waals surface area contributed by atoms with Crippen molar-refractivity contribution in [2.75, 3.05) is 39.4 Å². The van der Waals surface area contributed by atoms with Crippen molar-refractivity contribution in [3.8, 4) is 0 Å². The Morgan fingerprint density at radius 1 is 1.00 bits per heavy atom. The number of ether oxygens (including phenoxy) is 1. The molecule has 6 nitrogen and oxygen atoms in total. The number of benzene rings is 2. The van der Waals surface area contributed by atoms with Gasteiger partial charge in [-0.1, -0.05) is 41.5 Å². The second-order valence-corrected chi connectivity index (χ2v) is 8.95. The lowest BCUT2D eigenvalue weighted by atomic mass is 9.97. The number of quaternary nitrogens is 1. The first-order chi connectivity index (χ1) is 15.5. The summed E-state index contributed by atoms with van der Waals surface area (Å²) in [7, 11) is 0. The van der Waals surface area contributed by atoms with E-state index in [9.17, 15) is 9.59 Å². The van der Waals surface area contributed by atoms with Crippen LogP contribution in [0.25, 0.3) is 11.0 Å². The van der Waals surface area contributed by atoms with Crippen molar-refractivity contribution in [1.82, 2.24) is 4.90 Å². The lowest BCUT2D eigenvalue weighted by Gasteiger charge is -2.27. The Morgan fingerprint density at radius 2 is 1.72 bits per heavy atom. The molecular formula is C26H29N2O4+. The number of nitrogens with one attached hydrogen (secondary N) is 1. The van der Waals surface area contributed by atoms with Gasteiger partial charge in [-0.3, -0.25) is 9.59 Å². The second kappa shape index (κ2) is 8.52. The van der Waals surface area contributed by atoms with Gasteiger partial charge in [0.2, 0.25) is 5.76 Å². The third-order valence-corrected chi connectivity index (χ3v) is 6.64. The molecule has 32 heavy (non-hydrogen) atoms. The standard InChI is InChI=1S/C26H28N2O4/c1-17-4-7-19(8-5-17)23-22-24(29)20-16-18(2)6-9-21(20)32-25(22)26(30)28(23)11-3-10-27-12-14-31-15-13-27/h4-9,16,23H,3,10-15H2,1-2H3/p+1/t23-/m1/s1. The van der Waals surface area contributed by atoms with E-state index >= 15 is 0 Å². The van der Waals surface area contributed by atoms with Gasteiger partial charge in [0.1, 0.15) is 18.7 Å². The van der Waals surface area contributed by atoms with Gasteiger partial charge in [0.25, 0.3) is 5.91 Å². The van der Waals surface area contributed by atoms with Crippen LogP contribution in [0, 0.1) is 13.8 Å². The highest BCUT2D eigenvalue weighted by Gasteiger charge is 2.42. The highest BCUT2D eigenvalue weighted by atomic mass is 16.5. The van der Waals surface area contributed by atoms with Crippen LogP contribution in [0.3, 0.4) is 0 Å². The van der Waals surface area contributed by atoms with Gasteiger partial charge in [0.05, 0.1) is 36.8 Å². The molecule has 2 aliphatic heterocycles. The molecule has 1 amide bonds. The summed E-state index contributed by atoms with van der Waals surface area (Å²) in [6.07, 6.45) is 0.865. The molecular weight excluding hydrogens is 404 g/mol. The van der Waals surface area contributed by atoms with E-state index in [2.05, 4.69) is 0 Å². The Kier molecular flexibility index (Phi) is 5.57. The molecule has 1 fully saturated rings. The van der Waals surface area contributed by atoms with Crippen LogP contribution in [0.15, 0.2) is 51.7 Å². The minimum absolute atomic E-state index is 0.106. The molecule has 1 aromatic heterocycles. The average molecular weight is 434 g/mol. The van der Waals surface area contributed by atoms with Gasteiger partial charge in [0.15, 0.2) is 5.43 Å². The first-order valence-electron chi connectivity index (χ1n) is 11.4. The van der Waals surface area contributed by atoms with Crippen LogP contribution in [0.1, 0.15) is 45.3 Å². The Balaban J connectivity index is 1.53. The first-order valence-corrected chi connectivity index (χ1v) is 11.4. The molecule has 0 saturated carbocycles. The van der Waals surface area contributed by atoms with Crippen molar-refractivity contribution in [1.29, 1.82) is 0 Å². The fraction of sp³-hybridized carbons (Fsp3) is 0.385. The molecule has 2 aliphatic rings. The summed E-state index contributed by atoms with van der Waals surface area (Å²) in [6, 6.07) is 13.2. The highest BCUT2D eigenvalue weighted by Crippen LogP contribution is 2.38. The number of rotatable bonds is 5. The van der Waals surface area contributed by atoms with E-state index in [-0.39, 0.29) is 17.1 Å². The van der Waals surface area contributed by atoms with E-state index in [1.807, 2.05) is 55.1 Å². The number of nitrogens with zero attached hydrogens (tertiary/aromatic N) is 1. The maximum Gasteiger partial charge on any atom is 0.290 e. The zero-order valence-electron chi connectivity index (χ0n) is 18.6. The largest absolute Gasteiger partial charge is 0.450 e. The predicted molar refractivity (Wildman–Crippen MR) is 122 cm³/mol. The highest BCUT2D eigenvalue weighted by molar-refractivity contribution is 5.99. The number of aryl methyl sites for hydroxylation is 2. The summed E-state index contributed by atoms with van der Waals surface area (Å²) in [5.41, 5.74) is 3.91. The zero-order chi connectivity index (χ0) is 22.2. The van der Waals surface area contributed by atoms with Crippen LogP contribution in [0.2, 0.25) is 0 Å². The third kappa shape index (κ3) is 3.74. The van der Waals surface area contributed by atoms with E-state index in [4.69, 9.17) is 9.15 Å². The number of carbonyl (C=O) groups excluding carboxylic acids is 1. The summed E-state index contributed by atoms with van der Waals surface area (Å²) in [5, 5.41) is 0.535. The molecule has 166 valence electrons. The van der Waals surface area contributed by atoms with Crippen molar-refractivity contribution in [3.63, 3.8) is 0 Å². The predicted octanol–water partition coefficient (Wildman–Crippen LogP) is 2.26. The minimum Gasteiger partial charge on any atom is -0.450 e. The van der Waals surface area contributed by atoms with Crippen LogP contribution in [0.4, 0.5) is 0 Å². The van der Waals surface area contributed by atoms with E-state index in [1.165, 1.54) is 4.90 Å². The Hall–Kier alpha value is -2.96. The maximum atomic E-state index is 13.6. The lowest BCUT2D eigenvalue weighted by molar-refractivity contribution is -0.908. The Morgan fingerprint density at radius 3 is 2.47 bits per heavy atom. The van der Waals surface area contributed by atoms with E-state index < -0.39 is 6.04 Å². The number of hydrogen-bond donors (Lipinski definition) is 1. The molecule has 3 heterocycles. The van der Waals surface area contributed by atoms with Gasteiger partial charge in [-0.25, -0.2) is 0 Å². The van der Waals surface area contributed by atoms with E-state index in [0.717, 1.165) is 56.0 Å². The number of carbonyl (C=O) groups is 1. The summed E-state index contributed by atoms with van der Waals surface area (Å²) in [4.78, 5) is 30.4. The van der Waals surface area contributed by atoms with Crippen LogP contribution in [0.5, 0.6) is 0 Å². The quantitative estimate of drug-likeness (QED) is 0.671. The Labute approximate surface area is 187 Å². The molecule has 2 aromatic carbocycles. The van der Waals surface area contributed by atoms with E-state index in [0.29, 0.717) is 23.1 Å². The molecule has 0 radical (unpaired) electrons. The van der Waals surface area contributed by atoms with E-state index in [1.54, 1.807) is 6.07 Å². The summed E-state index contributed by atoms with van der Waals surface area (Å²) < 4.78 is 11.5. The number of amides is 1. The topological polar surface area (TPSA) is 64.2 Å². The van der Waals surface area contributed by atoms with Gasteiger partial charge in [0, 0.05) is 13.0 Å². The number of fused-ring (bicyclic) bond motifs is 2. The van der Waals surface area contributed by atoms with Crippen molar-refractivity contribution in [2.45, 2.75) is 26.3 Å². The molecule has 6 heteroatoms. The maximum absolute atomic E-state index is 13.6. The van der Waals surface area contributed by atoms with Crippen LogP contribution in [-0.4, -0.2) is 50.2 Å². The van der Waals surface area contributed by atoms with Gasteiger partial charge in [-0.15, -0.1) is 0 Å². The van der Waals surface area contributed by atoms with Gasteiger partial charge < -0.3 is 19.0 Å². The molecule has 0 spiro atoms.